The smallest absolute Gasteiger partial charge is 0.228 e. The van der Waals surface area contributed by atoms with Gasteiger partial charge in [0.1, 0.15) is 0 Å². The molecular weight excluding hydrogens is 338 g/mol. The molecule has 1 atom stereocenters. The monoisotopic (exact) mass is 357 g/mol. The third kappa shape index (κ3) is 4.40. The second kappa shape index (κ2) is 7.90. The molecule has 6 heteroatoms. The standard InChI is InChI=1S/C14H20BrN3OS/c1-3-5-11(16-6-4-2)8-13-17-14(18-19-13)12-7-10(15)9-20-12/h7,9,11,16H,3-6,8H2,1-2H3. The van der Waals surface area contributed by atoms with Crippen LogP contribution in [0, 0.1) is 0 Å². The minimum atomic E-state index is 0.420. The summed E-state index contributed by atoms with van der Waals surface area (Å²) in [5, 5.41) is 9.63. The molecule has 0 aliphatic carbocycles. The van der Waals surface area contributed by atoms with Crippen molar-refractivity contribution in [2.45, 2.75) is 45.6 Å². The van der Waals surface area contributed by atoms with Gasteiger partial charge in [-0.3, -0.25) is 0 Å². The van der Waals surface area contributed by atoms with E-state index in [1.165, 1.54) is 0 Å². The van der Waals surface area contributed by atoms with Crippen LogP contribution in [-0.4, -0.2) is 22.7 Å². The number of hydrogen-bond donors (Lipinski definition) is 1. The Bertz CT molecular complexity index is 526. The Morgan fingerprint density at radius 2 is 2.25 bits per heavy atom. The van der Waals surface area contributed by atoms with Gasteiger partial charge in [-0.05, 0) is 41.4 Å². The first-order valence-corrected chi connectivity index (χ1v) is 8.70. The maximum absolute atomic E-state index is 5.38. The molecule has 0 bridgehead atoms. The summed E-state index contributed by atoms with van der Waals surface area (Å²) in [5.74, 6) is 1.40. The highest BCUT2D eigenvalue weighted by atomic mass is 79.9. The molecule has 1 N–H and O–H groups in total. The summed E-state index contributed by atoms with van der Waals surface area (Å²) in [4.78, 5) is 5.52. The fraction of sp³-hybridized carbons (Fsp3) is 0.571. The van der Waals surface area contributed by atoms with Gasteiger partial charge in [0, 0.05) is 22.3 Å². The molecule has 1 unspecified atom stereocenters. The molecule has 0 fully saturated rings. The normalized spacial score (nSPS) is 12.8. The molecule has 2 heterocycles. The third-order valence-corrected chi connectivity index (χ3v) is 4.68. The first-order valence-electron chi connectivity index (χ1n) is 7.03. The molecule has 4 nitrogen and oxygen atoms in total. The van der Waals surface area contributed by atoms with Gasteiger partial charge in [0.15, 0.2) is 0 Å². The number of nitrogens with zero attached hydrogens (tertiary/aromatic N) is 2. The second-order valence-corrected chi connectivity index (χ2v) is 6.61. The topological polar surface area (TPSA) is 51.0 Å². The van der Waals surface area contributed by atoms with E-state index in [0.29, 0.717) is 17.8 Å². The second-order valence-electron chi connectivity index (χ2n) is 4.78. The Balaban J connectivity index is 2.00. The summed E-state index contributed by atoms with van der Waals surface area (Å²) in [6.07, 6.45) is 4.22. The maximum atomic E-state index is 5.38. The molecule has 20 heavy (non-hydrogen) atoms. The van der Waals surface area contributed by atoms with E-state index in [9.17, 15) is 0 Å². The van der Waals surface area contributed by atoms with Gasteiger partial charge in [-0.2, -0.15) is 4.98 Å². The van der Waals surface area contributed by atoms with Gasteiger partial charge in [0.05, 0.1) is 4.88 Å². The predicted octanol–water partition coefficient (Wildman–Crippen LogP) is 4.27. The van der Waals surface area contributed by atoms with E-state index in [1.807, 2.05) is 11.4 Å². The van der Waals surface area contributed by atoms with E-state index in [-0.39, 0.29) is 0 Å². The minimum absolute atomic E-state index is 0.420. The summed E-state index contributed by atoms with van der Waals surface area (Å²) < 4.78 is 6.43. The number of thiophene rings is 1. The molecule has 0 amide bonds. The van der Waals surface area contributed by atoms with Crippen molar-refractivity contribution in [2.24, 2.45) is 0 Å². The highest BCUT2D eigenvalue weighted by Crippen LogP contribution is 2.27. The van der Waals surface area contributed by atoms with E-state index in [4.69, 9.17) is 4.52 Å². The lowest BCUT2D eigenvalue weighted by Crippen LogP contribution is -2.31. The van der Waals surface area contributed by atoms with Crippen molar-refractivity contribution in [3.05, 3.63) is 21.8 Å². The van der Waals surface area contributed by atoms with Crippen LogP contribution in [0.5, 0.6) is 0 Å². The van der Waals surface area contributed by atoms with Crippen LogP contribution in [-0.2, 0) is 6.42 Å². The predicted molar refractivity (Wildman–Crippen MR) is 86.0 cm³/mol. The van der Waals surface area contributed by atoms with Gasteiger partial charge in [0.25, 0.3) is 0 Å². The number of halogens is 1. The Labute approximate surface area is 132 Å². The third-order valence-electron chi connectivity index (χ3n) is 3.00. The molecule has 0 spiro atoms. The molecule has 110 valence electrons. The van der Waals surface area contributed by atoms with Crippen molar-refractivity contribution >= 4 is 27.3 Å². The Hall–Kier alpha value is -0.720. The molecule has 0 aliphatic heterocycles. The largest absolute Gasteiger partial charge is 0.339 e. The van der Waals surface area contributed by atoms with Crippen molar-refractivity contribution < 1.29 is 4.52 Å². The Morgan fingerprint density at radius 1 is 1.40 bits per heavy atom. The Kier molecular flexibility index (Phi) is 6.19. The molecule has 2 aromatic heterocycles. The summed E-state index contributed by atoms with van der Waals surface area (Å²) >= 11 is 5.05. The highest BCUT2D eigenvalue weighted by Gasteiger charge is 2.15. The van der Waals surface area contributed by atoms with E-state index >= 15 is 0 Å². The average Bonchev–Trinajstić information content (AvgIpc) is 3.05. The molecular formula is C14H20BrN3OS. The van der Waals surface area contributed by atoms with Crippen LogP contribution in [0.4, 0.5) is 0 Å². The lowest BCUT2D eigenvalue weighted by atomic mass is 10.1. The number of rotatable bonds is 8. The SMILES string of the molecule is CCCNC(CCC)Cc1nc(-c2cc(Br)cs2)no1. The van der Waals surface area contributed by atoms with Crippen LogP contribution in [0.1, 0.15) is 39.0 Å². The molecule has 0 radical (unpaired) electrons. The average molecular weight is 358 g/mol. The van der Waals surface area contributed by atoms with Gasteiger partial charge in [0.2, 0.25) is 11.7 Å². The molecule has 0 aromatic carbocycles. The van der Waals surface area contributed by atoms with E-state index in [1.54, 1.807) is 11.3 Å². The van der Waals surface area contributed by atoms with Crippen molar-refractivity contribution in [1.82, 2.24) is 15.5 Å². The van der Waals surface area contributed by atoms with Gasteiger partial charge in [-0.1, -0.05) is 25.4 Å². The van der Waals surface area contributed by atoms with Gasteiger partial charge in [-0.15, -0.1) is 11.3 Å². The lowest BCUT2D eigenvalue weighted by Gasteiger charge is -2.15. The molecule has 0 aliphatic rings. The van der Waals surface area contributed by atoms with Crippen molar-refractivity contribution in [1.29, 1.82) is 0 Å². The van der Waals surface area contributed by atoms with Crippen LogP contribution in [0.25, 0.3) is 10.7 Å². The number of hydrogen-bond acceptors (Lipinski definition) is 5. The molecule has 2 rings (SSSR count). The molecule has 0 saturated carbocycles. The number of aromatic nitrogens is 2. The zero-order valence-corrected chi connectivity index (χ0v) is 14.3. The summed E-state index contributed by atoms with van der Waals surface area (Å²) in [6.45, 7) is 5.40. The summed E-state index contributed by atoms with van der Waals surface area (Å²) in [6, 6.07) is 2.43. The fourth-order valence-electron chi connectivity index (χ4n) is 2.05. The maximum Gasteiger partial charge on any atom is 0.228 e. The van der Waals surface area contributed by atoms with E-state index < -0.39 is 0 Å². The first kappa shape index (κ1) is 15.7. The lowest BCUT2D eigenvalue weighted by molar-refractivity contribution is 0.350. The van der Waals surface area contributed by atoms with Crippen LogP contribution in [0.15, 0.2) is 20.4 Å². The van der Waals surface area contributed by atoms with Crippen LogP contribution < -0.4 is 5.32 Å². The van der Waals surface area contributed by atoms with Gasteiger partial charge in [-0.25, -0.2) is 0 Å². The van der Waals surface area contributed by atoms with Crippen molar-refractivity contribution in [3.63, 3.8) is 0 Å². The van der Waals surface area contributed by atoms with E-state index in [2.05, 4.69) is 45.2 Å². The number of nitrogens with one attached hydrogen (secondary N) is 1. The van der Waals surface area contributed by atoms with Crippen molar-refractivity contribution in [2.75, 3.05) is 6.54 Å². The Morgan fingerprint density at radius 3 is 2.90 bits per heavy atom. The molecule has 0 saturated heterocycles. The minimum Gasteiger partial charge on any atom is -0.339 e. The quantitative estimate of drug-likeness (QED) is 0.766. The van der Waals surface area contributed by atoms with Crippen LogP contribution >= 0.6 is 27.3 Å². The highest BCUT2D eigenvalue weighted by molar-refractivity contribution is 9.10. The zero-order chi connectivity index (χ0) is 14.4. The van der Waals surface area contributed by atoms with Gasteiger partial charge < -0.3 is 9.84 Å². The fourth-order valence-corrected chi connectivity index (χ4v) is 3.40. The molecule has 2 aromatic rings. The van der Waals surface area contributed by atoms with E-state index in [0.717, 1.165) is 41.6 Å². The van der Waals surface area contributed by atoms with Crippen molar-refractivity contribution in [3.8, 4) is 10.7 Å². The summed E-state index contributed by atoms with van der Waals surface area (Å²) in [5.41, 5.74) is 0. The van der Waals surface area contributed by atoms with Crippen LogP contribution in [0.3, 0.4) is 0 Å². The zero-order valence-electron chi connectivity index (χ0n) is 11.9. The van der Waals surface area contributed by atoms with Crippen LogP contribution in [0.2, 0.25) is 0 Å². The summed E-state index contributed by atoms with van der Waals surface area (Å²) in [7, 11) is 0. The van der Waals surface area contributed by atoms with Gasteiger partial charge >= 0.3 is 0 Å². The first-order chi connectivity index (χ1) is 9.72.